The predicted molar refractivity (Wildman–Crippen MR) is 72.9 cm³/mol. The van der Waals surface area contributed by atoms with Gasteiger partial charge in [-0.3, -0.25) is 9.88 Å². The van der Waals surface area contributed by atoms with Crippen molar-refractivity contribution in [2.24, 2.45) is 0 Å². The molecular formula is C14H25N3. The molecular weight excluding hydrogens is 210 g/mol. The number of pyridine rings is 1. The molecule has 1 heterocycles. The minimum Gasteiger partial charge on any atom is -0.313 e. The van der Waals surface area contributed by atoms with E-state index < -0.39 is 0 Å². The number of rotatable bonds is 8. The first-order valence-electron chi connectivity index (χ1n) is 6.61. The topological polar surface area (TPSA) is 28.2 Å². The van der Waals surface area contributed by atoms with Crippen LogP contribution < -0.4 is 5.32 Å². The summed E-state index contributed by atoms with van der Waals surface area (Å²) in [6.45, 7) is 10.8. The molecule has 0 radical (unpaired) electrons. The van der Waals surface area contributed by atoms with Gasteiger partial charge in [-0.05, 0) is 32.0 Å². The van der Waals surface area contributed by atoms with E-state index in [1.54, 1.807) is 0 Å². The Morgan fingerprint density at radius 3 is 2.76 bits per heavy atom. The Morgan fingerprint density at radius 2 is 2.18 bits per heavy atom. The van der Waals surface area contributed by atoms with Crippen LogP contribution in [0.25, 0.3) is 0 Å². The molecule has 0 amide bonds. The zero-order valence-corrected chi connectivity index (χ0v) is 11.3. The summed E-state index contributed by atoms with van der Waals surface area (Å²) in [7, 11) is 0. The van der Waals surface area contributed by atoms with Crippen molar-refractivity contribution in [1.29, 1.82) is 0 Å². The van der Waals surface area contributed by atoms with Crippen LogP contribution in [0.3, 0.4) is 0 Å². The van der Waals surface area contributed by atoms with Crippen molar-refractivity contribution in [3.8, 4) is 0 Å². The molecule has 0 bridgehead atoms. The Balaban J connectivity index is 2.29. The van der Waals surface area contributed by atoms with E-state index in [9.17, 15) is 0 Å². The standard InChI is InChI=1S/C14H25N3/c1-4-13(3)15-10-11-17(5-2)12-14-8-6-7-9-16-14/h6-9,13,15H,4-5,10-12H2,1-3H3. The lowest BCUT2D eigenvalue weighted by molar-refractivity contribution is 0.271. The van der Waals surface area contributed by atoms with Crippen LogP contribution in [0, 0.1) is 0 Å². The molecule has 0 aromatic carbocycles. The number of aromatic nitrogens is 1. The third kappa shape index (κ3) is 5.80. The van der Waals surface area contributed by atoms with Crippen LogP contribution in [0.2, 0.25) is 0 Å². The maximum atomic E-state index is 4.36. The molecule has 0 aliphatic carbocycles. The van der Waals surface area contributed by atoms with Crippen molar-refractivity contribution >= 4 is 0 Å². The maximum Gasteiger partial charge on any atom is 0.0543 e. The lowest BCUT2D eigenvalue weighted by Gasteiger charge is -2.21. The van der Waals surface area contributed by atoms with Crippen LogP contribution >= 0.6 is 0 Å². The number of hydrogen-bond acceptors (Lipinski definition) is 3. The SMILES string of the molecule is CCC(C)NCCN(CC)Cc1ccccn1. The number of likely N-dealkylation sites (N-methyl/N-ethyl adjacent to an activating group) is 1. The number of nitrogens with zero attached hydrogens (tertiary/aromatic N) is 2. The highest BCUT2D eigenvalue weighted by atomic mass is 15.1. The lowest BCUT2D eigenvalue weighted by Crippen LogP contribution is -2.35. The van der Waals surface area contributed by atoms with Crippen molar-refractivity contribution in [3.05, 3.63) is 30.1 Å². The maximum absolute atomic E-state index is 4.36. The number of hydrogen-bond donors (Lipinski definition) is 1. The van der Waals surface area contributed by atoms with Gasteiger partial charge in [-0.2, -0.15) is 0 Å². The van der Waals surface area contributed by atoms with Gasteiger partial charge in [0.25, 0.3) is 0 Å². The molecule has 1 N–H and O–H groups in total. The summed E-state index contributed by atoms with van der Waals surface area (Å²) < 4.78 is 0. The monoisotopic (exact) mass is 235 g/mol. The third-order valence-electron chi connectivity index (χ3n) is 3.09. The molecule has 0 saturated heterocycles. The van der Waals surface area contributed by atoms with Crippen LogP contribution in [0.4, 0.5) is 0 Å². The predicted octanol–water partition coefficient (Wildman–Crippen LogP) is 2.29. The molecule has 96 valence electrons. The molecule has 1 atom stereocenters. The van der Waals surface area contributed by atoms with Crippen LogP contribution in [0.5, 0.6) is 0 Å². The van der Waals surface area contributed by atoms with Crippen molar-refractivity contribution in [1.82, 2.24) is 15.2 Å². The molecule has 17 heavy (non-hydrogen) atoms. The second-order valence-electron chi connectivity index (χ2n) is 4.45. The van der Waals surface area contributed by atoms with Crippen molar-refractivity contribution in [3.63, 3.8) is 0 Å². The first kappa shape index (κ1) is 14.1. The summed E-state index contributed by atoms with van der Waals surface area (Å²) >= 11 is 0. The summed E-state index contributed by atoms with van der Waals surface area (Å²) in [6.07, 6.45) is 3.05. The van der Waals surface area contributed by atoms with Gasteiger partial charge >= 0.3 is 0 Å². The van der Waals surface area contributed by atoms with Crippen LogP contribution in [0.1, 0.15) is 32.9 Å². The summed E-state index contributed by atoms with van der Waals surface area (Å²) in [4.78, 5) is 6.78. The van der Waals surface area contributed by atoms with Gasteiger partial charge in [0.1, 0.15) is 0 Å². The summed E-state index contributed by atoms with van der Waals surface area (Å²) in [5.74, 6) is 0. The molecule has 3 heteroatoms. The van der Waals surface area contributed by atoms with Gasteiger partial charge in [-0.15, -0.1) is 0 Å². The van der Waals surface area contributed by atoms with E-state index in [0.717, 1.165) is 31.9 Å². The highest BCUT2D eigenvalue weighted by Gasteiger charge is 2.04. The lowest BCUT2D eigenvalue weighted by atomic mass is 10.2. The molecule has 3 nitrogen and oxygen atoms in total. The molecule has 0 aliphatic rings. The van der Waals surface area contributed by atoms with E-state index in [1.807, 2.05) is 18.3 Å². The molecule has 0 saturated carbocycles. The van der Waals surface area contributed by atoms with Gasteiger partial charge in [0.2, 0.25) is 0 Å². The Kier molecular flexibility index (Phi) is 6.82. The highest BCUT2D eigenvalue weighted by molar-refractivity contribution is 5.03. The van der Waals surface area contributed by atoms with Gasteiger partial charge in [0.15, 0.2) is 0 Å². The van der Waals surface area contributed by atoms with E-state index in [0.29, 0.717) is 6.04 Å². The minimum atomic E-state index is 0.614. The quantitative estimate of drug-likeness (QED) is 0.749. The molecule has 0 aliphatic heterocycles. The van der Waals surface area contributed by atoms with Crippen molar-refractivity contribution < 1.29 is 0 Å². The van der Waals surface area contributed by atoms with Gasteiger partial charge < -0.3 is 5.32 Å². The molecule has 0 fully saturated rings. The van der Waals surface area contributed by atoms with Crippen LogP contribution in [-0.2, 0) is 6.54 Å². The van der Waals surface area contributed by atoms with E-state index in [-0.39, 0.29) is 0 Å². The first-order valence-corrected chi connectivity index (χ1v) is 6.61. The first-order chi connectivity index (χ1) is 8.26. The second kappa shape index (κ2) is 8.20. The normalized spacial score (nSPS) is 12.9. The van der Waals surface area contributed by atoms with Gasteiger partial charge in [-0.1, -0.05) is 19.9 Å². The minimum absolute atomic E-state index is 0.614. The van der Waals surface area contributed by atoms with Gasteiger partial charge in [0, 0.05) is 31.9 Å². The fraction of sp³-hybridized carbons (Fsp3) is 0.643. The Bertz CT molecular complexity index is 287. The van der Waals surface area contributed by atoms with Crippen molar-refractivity contribution in [2.75, 3.05) is 19.6 Å². The molecule has 0 spiro atoms. The van der Waals surface area contributed by atoms with Crippen LogP contribution in [-0.4, -0.2) is 35.6 Å². The zero-order valence-electron chi connectivity index (χ0n) is 11.3. The highest BCUT2D eigenvalue weighted by Crippen LogP contribution is 2.00. The van der Waals surface area contributed by atoms with E-state index in [2.05, 4.69) is 42.0 Å². The molecule has 1 aromatic rings. The fourth-order valence-corrected chi connectivity index (χ4v) is 1.68. The Labute approximate surface area is 105 Å². The average Bonchev–Trinajstić information content (AvgIpc) is 2.38. The van der Waals surface area contributed by atoms with E-state index >= 15 is 0 Å². The molecule has 1 unspecified atom stereocenters. The Hall–Kier alpha value is -0.930. The summed E-state index contributed by atoms with van der Waals surface area (Å²) in [5.41, 5.74) is 1.15. The second-order valence-corrected chi connectivity index (χ2v) is 4.45. The fourth-order valence-electron chi connectivity index (χ4n) is 1.68. The molecule has 1 rings (SSSR count). The van der Waals surface area contributed by atoms with Crippen molar-refractivity contribution in [2.45, 2.75) is 39.8 Å². The smallest absolute Gasteiger partial charge is 0.0543 e. The van der Waals surface area contributed by atoms with Gasteiger partial charge in [0.05, 0.1) is 5.69 Å². The molecule has 1 aromatic heterocycles. The van der Waals surface area contributed by atoms with E-state index in [1.165, 1.54) is 6.42 Å². The van der Waals surface area contributed by atoms with Gasteiger partial charge in [-0.25, -0.2) is 0 Å². The number of nitrogens with one attached hydrogen (secondary N) is 1. The zero-order chi connectivity index (χ0) is 12.5. The summed E-state index contributed by atoms with van der Waals surface area (Å²) in [6, 6.07) is 6.71. The average molecular weight is 235 g/mol. The van der Waals surface area contributed by atoms with E-state index in [4.69, 9.17) is 0 Å². The third-order valence-corrected chi connectivity index (χ3v) is 3.09. The van der Waals surface area contributed by atoms with Crippen LogP contribution in [0.15, 0.2) is 24.4 Å². The summed E-state index contributed by atoms with van der Waals surface area (Å²) in [5, 5.41) is 3.52. The largest absolute Gasteiger partial charge is 0.313 e. The Morgan fingerprint density at radius 1 is 1.35 bits per heavy atom.